The number of pyridine rings is 2. The van der Waals surface area contributed by atoms with Gasteiger partial charge in [-0.3, -0.25) is 53.1 Å². The highest BCUT2D eigenvalue weighted by Crippen LogP contribution is 2.24. The van der Waals surface area contributed by atoms with Crippen LogP contribution in [0, 0.1) is 11.8 Å². The number of amides is 9. The van der Waals surface area contributed by atoms with E-state index in [9.17, 15) is 43.2 Å². The zero-order valence-corrected chi connectivity index (χ0v) is 44.1. The summed E-state index contributed by atoms with van der Waals surface area (Å²) >= 11 is 0. The van der Waals surface area contributed by atoms with Crippen LogP contribution in [0.25, 0.3) is 0 Å². The van der Waals surface area contributed by atoms with E-state index in [0.717, 1.165) is 5.56 Å². The number of hydrogen-bond acceptors (Lipinski definition) is 11. The van der Waals surface area contributed by atoms with Crippen LogP contribution in [0.15, 0.2) is 134 Å². The van der Waals surface area contributed by atoms with Gasteiger partial charge in [0.25, 0.3) is 11.8 Å². The lowest BCUT2D eigenvalue weighted by Gasteiger charge is -2.29. The number of likely N-dealkylation sites (tertiary alicyclic amines) is 2. The molecule has 3 aromatic carbocycles. The van der Waals surface area contributed by atoms with Crippen molar-refractivity contribution < 1.29 is 43.2 Å². The van der Waals surface area contributed by atoms with E-state index in [1.54, 1.807) is 101 Å². The summed E-state index contributed by atoms with van der Waals surface area (Å²) in [6.45, 7) is 7.25. The van der Waals surface area contributed by atoms with E-state index < -0.39 is 95.3 Å². The van der Waals surface area contributed by atoms with Crippen molar-refractivity contribution in [3.63, 3.8) is 0 Å². The second-order valence-corrected chi connectivity index (χ2v) is 20.1. The average Bonchev–Trinajstić information content (AvgIpc) is 4.17. The minimum absolute atomic E-state index is 0.0302. The van der Waals surface area contributed by atoms with Crippen LogP contribution < -0.4 is 37.2 Å². The molecule has 2 saturated heterocycles. The predicted octanol–water partition coefficient (Wildman–Crippen LogP) is 3.82. The Morgan fingerprint density at radius 2 is 1.06 bits per heavy atom. The molecule has 2 fully saturated rings. The molecule has 0 unspecified atom stereocenters. The lowest BCUT2D eigenvalue weighted by Crippen LogP contribution is -2.60. The summed E-state index contributed by atoms with van der Waals surface area (Å²) in [6.07, 6.45) is 8.14. The summed E-state index contributed by atoms with van der Waals surface area (Å²) in [7, 11) is 0. The molecule has 78 heavy (non-hydrogen) atoms. The third-order valence-corrected chi connectivity index (χ3v) is 13.6. The van der Waals surface area contributed by atoms with E-state index in [1.807, 2.05) is 36.4 Å². The Hall–Kier alpha value is -8.81. The van der Waals surface area contributed by atoms with Gasteiger partial charge in [0.1, 0.15) is 36.3 Å². The van der Waals surface area contributed by atoms with Gasteiger partial charge in [0.05, 0.1) is 24.0 Å². The second kappa shape index (κ2) is 27.3. The van der Waals surface area contributed by atoms with Crippen LogP contribution in [-0.4, -0.2) is 129 Å². The third-order valence-electron chi connectivity index (χ3n) is 13.6. The minimum atomic E-state index is -1.22. The predicted molar refractivity (Wildman–Crippen MR) is 291 cm³/mol. The molecule has 0 spiro atoms. The van der Waals surface area contributed by atoms with Crippen molar-refractivity contribution in [3.8, 4) is 0 Å². The van der Waals surface area contributed by atoms with Crippen LogP contribution in [0.3, 0.4) is 0 Å². The molecule has 408 valence electrons. The fourth-order valence-electron chi connectivity index (χ4n) is 9.48. The Labute approximate surface area is 453 Å². The van der Waals surface area contributed by atoms with Gasteiger partial charge in [-0.2, -0.15) is 0 Å². The Morgan fingerprint density at radius 3 is 1.64 bits per heavy atom. The summed E-state index contributed by atoms with van der Waals surface area (Å²) < 4.78 is 0. The molecule has 0 bridgehead atoms. The highest BCUT2D eigenvalue weighted by Gasteiger charge is 2.38. The van der Waals surface area contributed by atoms with Crippen LogP contribution in [-0.2, 0) is 46.4 Å². The topological polar surface area (TPSA) is 270 Å². The lowest BCUT2D eigenvalue weighted by molar-refractivity contribution is -0.137. The number of rotatable bonds is 22. The summed E-state index contributed by atoms with van der Waals surface area (Å²) in [4.78, 5) is 135. The third kappa shape index (κ3) is 15.4. The first-order chi connectivity index (χ1) is 37.6. The van der Waals surface area contributed by atoms with Gasteiger partial charge < -0.3 is 47.0 Å². The Morgan fingerprint density at radius 1 is 0.526 bits per heavy atom. The van der Waals surface area contributed by atoms with Crippen LogP contribution >= 0.6 is 0 Å². The van der Waals surface area contributed by atoms with Crippen LogP contribution in [0.2, 0.25) is 0 Å². The van der Waals surface area contributed by atoms with E-state index in [4.69, 9.17) is 0 Å². The number of hydrogen-bond donors (Lipinski definition) is 7. The molecule has 2 aromatic heterocycles. The molecule has 2 aliphatic heterocycles. The summed E-state index contributed by atoms with van der Waals surface area (Å²) in [5, 5.41) is 19.6. The molecule has 2 aliphatic rings. The lowest BCUT2D eigenvalue weighted by atomic mass is 9.98. The van der Waals surface area contributed by atoms with Gasteiger partial charge in [-0.25, -0.2) is 0 Å². The molecule has 0 aliphatic carbocycles. The van der Waals surface area contributed by atoms with Crippen molar-refractivity contribution in [2.24, 2.45) is 11.8 Å². The number of nitrogens with one attached hydrogen (secondary N) is 7. The standard InChI is InChI=1S/C58H67N11O9/c1-36(2)49(56(76)62-42-22-11-20-40(32-42)58(78)69-29-15-24-46(69)54(74)61-35-48(70)68-28-14-25-47(68)55(75)63-43-23-13-27-60-34-43)66-53(73)45(31-39-18-9-6-10-19-39)65-57(77)50(37(3)4)67-52(72)44(30-38-16-7-5-8-17-38)64-51(71)41-21-12-26-59-33-41/h5-13,16-23,26-27,32-34,36-37,44-47,49-50H,14-15,24-25,28-31,35H2,1-4H3,(H,61,74)(H,62,76)(H,63,75)(H,64,71)(H,65,77)(H,66,73)(H,67,72)/t44-,45-,46-,47-,49-,50-/m0/s1. The molecule has 20 heteroatoms. The molecule has 5 aromatic rings. The first-order valence-corrected chi connectivity index (χ1v) is 26.3. The van der Waals surface area contributed by atoms with E-state index in [2.05, 4.69) is 47.2 Å². The highest BCUT2D eigenvalue weighted by molar-refractivity contribution is 6.03. The van der Waals surface area contributed by atoms with Crippen molar-refractivity contribution >= 4 is 64.5 Å². The van der Waals surface area contributed by atoms with E-state index >= 15 is 0 Å². The van der Waals surface area contributed by atoms with Gasteiger partial charge in [-0.1, -0.05) is 94.4 Å². The van der Waals surface area contributed by atoms with Crippen LogP contribution in [0.5, 0.6) is 0 Å². The van der Waals surface area contributed by atoms with Crippen molar-refractivity contribution in [1.29, 1.82) is 0 Å². The molecule has 20 nitrogen and oxygen atoms in total. The molecule has 6 atom stereocenters. The van der Waals surface area contributed by atoms with Gasteiger partial charge in [-0.15, -0.1) is 0 Å². The SMILES string of the molecule is CC(C)[C@H](NC(=O)[C@H](Cc1ccccc1)NC(=O)[C@@H](NC(=O)[C@H](Cc1ccccc1)NC(=O)c1cccnc1)C(C)C)C(=O)Nc1cccc(C(=O)N2CCC[C@H]2C(=O)NCC(=O)N2CCC[C@H]2C(=O)Nc2cccnc2)c1. The van der Waals surface area contributed by atoms with Gasteiger partial charge in [0.15, 0.2) is 0 Å². The molecule has 4 heterocycles. The molecule has 7 N–H and O–H groups in total. The number of carbonyl (C=O) groups is 9. The fraction of sp³-hybridized carbons (Fsp3) is 0.362. The molecular weight excluding hydrogens is 995 g/mol. The number of benzene rings is 3. The van der Waals surface area contributed by atoms with Gasteiger partial charge in [-0.05, 0) is 91.1 Å². The molecule has 0 saturated carbocycles. The number of aromatic nitrogens is 2. The second-order valence-electron chi connectivity index (χ2n) is 20.1. The maximum Gasteiger partial charge on any atom is 0.254 e. The summed E-state index contributed by atoms with van der Waals surface area (Å²) in [5.74, 6) is -5.77. The van der Waals surface area contributed by atoms with Crippen molar-refractivity contribution in [3.05, 3.63) is 156 Å². The molecule has 9 amide bonds. The number of carbonyl (C=O) groups excluding carboxylic acids is 9. The van der Waals surface area contributed by atoms with E-state index in [-0.39, 0.29) is 48.7 Å². The molecule has 0 radical (unpaired) electrons. The van der Waals surface area contributed by atoms with Crippen molar-refractivity contribution in [2.75, 3.05) is 30.3 Å². The first-order valence-electron chi connectivity index (χ1n) is 26.3. The Kier molecular flexibility index (Phi) is 19.9. The smallest absolute Gasteiger partial charge is 0.254 e. The summed E-state index contributed by atoms with van der Waals surface area (Å²) in [6, 6.07) is 24.7. The fourth-order valence-corrected chi connectivity index (χ4v) is 9.48. The number of anilines is 2. The van der Waals surface area contributed by atoms with Crippen LogP contribution in [0.4, 0.5) is 11.4 Å². The van der Waals surface area contributed by atoms with Crippen LogP contribution in [0.1, 0.15) is 85.2 Å². The quantitative estimate of drug-likeness (QED) is 0.0524. The monoisotopic (exact) mass is 1060 g/mol. The maximum absolute atomic E-state index is 14.4. The largest absolute Gasteiger partial charge is 0.345 e. The number of nitrogens with zero attached hydrogens (tertiary/aromatic N) is 4. The summed E-state index contributed by atoms with van der Waals surface area (Å²) in [5.41, 5.74) is 2.66. The maximum atomic E-state index is 14.4. The average molecular weight is 1060 g/mol. The normalized spacial score (nSPS) is 16.5. The van der Waals surface area contributed by atoms with Gasteiger partial charge >= 0.3 is 0 Å². The first kappa shape index (κ1) is 56.9. The minimum Gasteiger partial charge on any atom is -0.345 e. The Bertz CT molecular complexity index is 2910. The zero-order valence-electron chi connectivity index (χ0n) is 44.1. The van der Waals surface area contributed by atoms with E-state index in [1.165, 1.54) is 34.5 Å². The zero-order chi connectivity index (χ0) is 55.7. The van der Waals surface area contributed by atoms with Crippen molar-refractivity contribution in [2.45, 2.75) is 102 Å². The van der Waals surface area contributed by atoms with Gasteiger partial charge in [0.2, 0.25) is 41.4 Å². The molecular formula is C58H67N11O9. The Balaban J connectivity index is 0.982. The van der Waals surface area contributed by atoms with E-state index in [0.29, 0.717) is 43.5 Å². The molecule has 7 rings (SSSR count). The highest BCUT2D eigenvalue weighted by atomic mass is 16.2. The van der Waals surface area contributed by atoms with Gasteiger partial charge in [0, 0.05) is 55.8 Å². The van der Waals surface area contributed by atoms with Crippen molar-refractivity contribution in [1.82, 2.24) is 46.4 Å².